The van der Waals surface area contributed by atoms with E-state index in [9.17, 15) is 5.11 Å². The predicted molar refractivity (Wildman–Crippen MR) is 77.1 cm³/mol. The van der Waals surface area contributed by atoms with Crippen LogP contribution < -0.4 is 5.32 Å². The van der Waals surface area contributed by atoms with Crippen molar-refractivity contribution in [2.75, 3.05) is 24.7 Å². The van der Waals surface area contributed by atoms with Crippen LogP contribution in [0.25, 0.3) is 0 Å². The van der Waals surface area contributed by atoms with Gasteiger partial charge in [-0.2, -0.15) is 11.8 Å². The van der Waals surface area contributed by atoms with Gasteiger partial charge in [-0.15, -0.1) is 0 Å². The second-order valence-corrected chi connectivity index (χ2v) is 6.91. The van der Waals surface area contributed by atoms with E-state index in [1.807, 2.05) is 11.8 Å². The van der Waals surface area contributed by atoms with Crippen LogP contribution in [-0.2, 0) is 4.74 Å². The second-order valence-electron chi connectivity index (χ2n) is 5.76. The summed E-state index contributed by atoms with van der Waals surface area (Å²) in [6, 6.07) is 0.596. The number of aliphatic hydroxyl groups is 1. The molecule has 1 saturated carbocycles. The number of aliphatic hydroxyl groups excluding tert-OH is 1. The molecule has 2 N–H and O–H groups in total. The molecule has 0 radical (unpaired) electrons. The summed E-state index contributed by atoms with van der Waals surface area (Å²) in [6.07, 6.45) is 6.31. The van der Waals surface area contributed by atoms with Gasteiger partial charge in [-0.05, 0) is 30.9 Å². The van der Waals surface area contributed by atoms with Gasteiger partial charge in [-0.25, -0.2) is 0 Å². The normalized spacial score (nSPS) is 34.7. The number of hydrogen-bond acceptors (Lipinski definition) is 4. The molecule has 3 nitrogen and oxygen atoms in total. The molecule has 1 heterocycles. The number of thioether (sulfide) groups is 1. The number of rotatable bonds is 6. The highest BCUT2D eigenvalue weighted by Gasteiger charge is 2.23. The van der Waals surface area contributed by atoms with E-state index >= 15 is 0 Å². The van der Waals surface area contributed by atoms with E-state index in [0.29, 0.717) is 31.2 Å². The topological polar surface area (TPSA) is 41.5 Å². The second kappa shape index (κ2) is 7.73. The summed E-state index contributed by atoms with van der Waals surface area (Å²) in [6.45, 7) is 3.43. The number of nitrogens with one attached hydrogen (secondary N) is 1. The van der Waals surface area contributed by atoms with Crippen LogP contribution in [0.2, 0.25) is 0 Å². The highest BCUT2D eigenvalue weighted by atomic mass is 32.2. The molecule has 0 aromatic carbocycles. The van der Waals surface area contributed by atoms with Crippen molar-refractivity contribution in [3.8, 4) is 0 Å². The minimum absolute atomic E-state index is 0.357. The molecule has 106 valence electrons. The quantitative estimate of drug-likeness (QED) is 0.777. The summed E-state index contributed by atoms with van der Waals surface area (Å²) in [7, 11) is 0. The Hall–Kier alpha value is 0.230. The van der Waals surface area contributed by atoms with Crippen molar-refractivity contribution < 1.29 is 9.84 Å². The highest BCUT2D eigenvalue weighted by Crippen LogP contribution is 2.26. The lowest BCUT2D eigenvalue weighted by atomic mass is 9.88. The molecular weight excluding hydrogens is 246 g/mol. The summed E-state index contributed by atoms with van der Waals surface area (Å²) in [5.41, 5.74) is 0. The Bertz CT molecular complexity index is 234. The van der Waals surface area contributed by atoms with Crippen LogP contribution in [0.15, 0.2) is 0 Å². The van der Waals surface area contributed by atoms with E-state index in [1.165, 1.54) is 43.6 Å². The maximum absolute atomic E-state index is 9.93. The summed E-state index contributed by atoms with van der Waals surface area (Å²) in [5, 5.41) is 13.4. The van der Waals surface area contributed by atoms with Crippen molar-refractivity contribution >= 4 is 11.8 Å². The van der Waals surface area contributed by atoms with E-state index in [-0.39, 0.29) is 6.10 Å². The fourth-order valence-electron chi connectivity index (χ4n) is 2.82. The lowest BCUT2D eigenvalue weighted by Gasteiger charge is -2.29. The zero-order chi connectivity index (χ0) is 12.8. The Morgan fingerprint density at radius 1 is 1.33 bits per heavy atom. The standard InChI is InChI=1S/C14H27NO2S/c1-11-4-2-3-5-14(11)17-9-13(16)8-15-12-6-7-18-10-12/h11-16H,2-10H2,1H3. The van der Waals surface area contributed by atoms with Crippen molar-refractivity contribution in [3.63, 3.8) is 0 Å². The Morgan fingerprint density at radius 3 is 2.89 bits per heavy atom. The Labute approximate surface area is 115 Å². The zero-order valence-corrected chi connectivity index (χ0v) is 12.3. The molecule has 4 unspecified atom stereocenters. The Morgan fingerprint density at radius 2 is 2.17 bits per heavy atom. The molecule has 4 heteroatoms. The van der Waals surface area contributed by atoms with Gasteiger partial charge in [0.15, 0.2) is 0 Å². The molecular formula is C14H27NO2S. The highest BCUT2D eigenvalue weighted by molar-refractivity contribution is 7.99. The number of hydrogen-bond donors (Lipinski definition) is 2. The largest absolute Gasteiger partial charge is 0.389 e. The Kier molecular flexibility index (Phi) is 6.29. The SMILES string of the molecule is CC1CCCCC1OCC(O)CNC1CCSC1. The molecule has 2 fully saturated rings. The summed E-state index contributed by atoms with van der Waals surface area (Å²) >= 11 is 1.99. The van der Waals surface area contributed by atoms with Gasteiger partial charge >= 0.3 is 0 Å². The van der Waals surface area contributed by atoms with Gasteiger partial charge in [-0.3, -0.25) is 0 Å². The third kappa shape index (κ3) is 4.72. The lowest BCUT2D eigenvalue weighted by Crippen LogP contribution is -2.39. The summed E-state index contributed by atoms with van der Waals surface area (Å²) < 4.78 is 5.88. The third-order valence-electron chi connectivity index (χ3n) is 4.11. The van der Waals surface area contributed by atoms with Crippen LogP contribution >= 0.6 is 11.8 Å². The van der Waals surface area contributed by atoms with Gasteiger partial charge < -0.3 is 15.2 Å². The van der Waals surface area contributed by atoms with Crippen molar-refractivity contribution in [2.24, 2.45) is 5.92 Å². The molecule has 1 saturated heterocycles. The first kappa shape index (κ1) is 14.6. The molecule has 2 rings (SSSR count). The smallest absolute Gasteiger partial charge is 0.0897 e. The maximum Gasteiger partial charge on any atom is 0.0897 e. The summed E-state index contributed by atoms with van der Waals surface area (Å²) in [4.78, 5) is 0. The van der Waals surface area contributed by atoms with Gasteiger partial charge in [0.05, 0.1) is 18.8 Å². The van der Waals surface area contributed by atoms with E-state index in [0.717, 1.165) is 0 Å². The van der Waals surface area contributed by atoms with Crippen LogP contribution in [0.3, 0.4) is 0 Å². The van der Waals surface area contributed by atoms with Crippen LogP contribution in [0.1, 0.15) is 39.0 Å². The van der Waals surface area contributed by atoms with Crippen LogP contribution in [0, 0.1) is 5.92 Å². The monoisotopic (exact) mass is 273 g/mol. The van der Waals surface area contributed by atoms with E-state index in [1.54, 1.807) is 0 Å². The van der Waals surface area contributed by atoms with Gasteiger partial charge in [-0.1, -0.05) is 19.8 Å². The van der Waals surface area contributed by atoms with Crippen LogP contribution in [0.4, 0.5) is 0 Å². The lowest BCUT2D eigenvalue weighted by molar-refractivity contribution is -0.0455. The zero-order valence-electron chi connectivity index (χ0n) is 11.4. The average Bonchev–Trinajstić information content (AvgIpc) is 2.88. The Balaban J connectivity index is 1.57. The molecule has 0 bridgehead atoms. The van der Waals surface area contributed by atoms with Crippen molar-refractivity contribution in [1.29, 1.82) is 0 Å². The van der Waals surface area contributed by atoms with Crippen molar-refractivity contribution in [3.05, 3.63) is 0 Å². The minimum atomic E-state index is -0.357. The predicted octanol–water partition coefficient (Wildman–Crippen LogP) is 2.04. The van der Waals surface area contributed by atoms with Gasteiger partial charge in [0, 0.05) is 18.3 Å². The van der Waals surface area contributed by atoms with E-state index < -0.39 is 0 Å². The fourth-order valence-corrected chi connectivity index (χ4v) is 4.01. The molecule has 0 amide bonds. The van der Waals surface area contributed by atoms with Crippen molar-refractivity contribution in [1.82, 2.24) is 5.32 Å². The summed E-state index contributed by atoms with van der Waals surface area (Å²) in [5.74, 6) is 3.10. The molecule has 0 aromatic rings. The molecule has 1 aliphatic carbocycles. The molecule has 18 heavy (non-hydrogen) atoms. The maximum atomic E-state index is 9.93. The van der Waals surface area contributed by atoms with E-state index in [2.05, 4.69) is 12.2 Å². The number of ether oxygens (including phenoxy) is 1. The first-order valence-corrected chi connectivity index (χ1v) is 8.52. The minimum Gasteiger partial charge on any atom is -0.389 e. The molecule has 0 spiro atoms. The van der Waals surface area contributed by atoms with Gasteiger partial charge in [0.2, 0.25) is 0 Å². The molecule has 1 aliphatic heterocycles. The first-order valence-electron chi connectivity index (χ1n) is 7.36. The van der Waals surface area contributed by atoms with Gasteiger partial charge in [0.1, 0.15) is 0 Å². The molecule has 2 aliphatic rings. The molecule has 4 atom stereocenters. The first-order chi connectivity index (χ1) is 8.75. The van der Waals surface area contributed by atoms with E-state index in [4.69, 9.17) is 4.74 Å². The van der Waals surface area contributed by atoms with Crippen LogP contribution in [0.5, 0.6) is 0 Å². The van der Waals surface area contributed by atoms with Crippen molar-refractivity contribution in [2.45, 2.75) is 57.3 Å². The fraction of sp³-hybridized carbons (Fsp3) is 1.00. The van der Waals surface area contributed by atoms with Crippen LogP contribution in [-0.4, -0.2) is 48.0 Å². The third-order valence-corrected chi connectivity index (χ3v) is 5.27. The average molecular weight is 273 g/mol. The molecule has 0 aromatic heterocycles. The van der Waals surface area contributed by atoms with Gasteiger partial charge in [0.25, 0.3) is 0 Å².